The lowest BCUT2D eigenvalue weighted by molar-refractivity contribution is -0.143. The molecule has 0 N–H and O–H groups in total. The molecule has 1 heterocycles. The molecule has 3 rings (SSSR count). The smallest absolute Gasteiger partial charge is 0.323 e. The molecule has 0 saturated carbocycles. The summed E-state index contributed by atoms with van der Waals surface area (Å²) in [5.41, 5.74) is -2.00. The van der Waals surface area contributed by atoms with Crippen LogP contribution in [0.1, 0.15) is 46.7 Å². The zero-order chi connectivity index (χ0) is 28.4. The summed E-state index contributed by atoms with van der Waals surface area (Å²) in [7, 11) is 3.06. The lowest BCUT2D eigenvalue weighted by Gasteiger charge is -2.44. The van der Waals surface area contributed by atoms with Gasteiger partial charge in [0.25, 0.3) is 0 Å². The molecular weight excluding hydrogens is 522 g/mol. The standard InChI is InChI=1S/C26H29F8N3O/c1-16-10-20(28)4-5-22(16)23-14-21(35(2)9-7-27)6-8-37(23)24(38)36(3)15-17-11-18(25(29,30)31)13-19(12-17)26(32,33)34/h4-5,10-13,21,23H,6-9,14-15H2,1-3H3/t21?,23-/m1/s1. The number of carbonyl (C=O) groups is 1. The number of rotatable bonds is 6. The second kappa shape index (κ2) is 11.5. The summed E-state index contributed by atoms with van der Waals surface area (Å²) < 4.78 is 106. The minimum atomic E-state index is -5.00. The Labute approximate surface area is 215 Å². The molecule has 2 amide bonds. The van der Waals surface area contributed by atoms with Crippen molar-refractivity contribution in [1.29, 1.82) is 0 Å². The summed E-state index contributed by atoms with van der Waals surface area (Å²) >= 11 is 0. The third-order valence-electron chi connectivity index (χ3n) is 6.87. The van der Waals surface area contributed by atoms with Gasteiger partial charge in [-0.1, -0.05) is 6.07 Å². The highest BCUT2D eigenvalue weighted by Gasteiger charge is 2.38. The molecule has 1 unspecified atom stereocenters. The first kappa shape index (κ1) is 29.7. The predicted molar refractivity (Wildman–Crippen MR) is 126 cm³/mol. The van der Waals surface area contributed by atoms with Gasteiger partial charge in [-0.25, -0.2) is 13.6 Å². The lowest BCUT2D eigenvalue weighted by atomic mass is 9.89. The maximum Gasteiger partial charge on any atom is 0.416 e. The van der Waals surface area contributed by atoms with E-state index in [1.807, 2.05) is 4.90 Å². The zero-order valence-corrected chi connectivity index (χ0v) is 21.1. The van der Waals surface area contributed by atoms with Crippen molar-refractivity contribution in [2.24, 2.45) is 0 Å². The number of halogens is 8. The highest BCUT2D eigenvalue weighted by atomic mass is 19.4. The van der Waals surface area contributed by atoms with Crippen LogP contribution in [-0.4, -0.2) is 60.6 Å². The minimum Gasteiger partial charge on any atom is -0.323 e. The molecule has 0 bridgehead atoms. The fourth-order valence-corrected chi connectivity index (χ4v) is 4.87. The van der Waals surface area contributed by atoms with Crippen molar-refractivity contribution in [1.82, 2.24) is 14.7 Å². The number of benzene rings is 2. The molecule has 0 aliphatic carbocycles. The van der Waals surface area contributed by atoms with E-state index >= 15 is 0 Å². The maximum atomic E-state index is 13.8. The number of nitrogens with zero attached hydrogens (tertiary/aromatic N) is 3. The molecule has 1 saturated heterocycles. The van der Waals surface area contributed by atoms with Crippen LogP contribution in [0.2, 0.25) is 0 Å². The van der Waals surface area contributed by atoms with Gasteiger partial charge in [-0.05, 0) is 73.8 Å². The molecule has 210 valence electrons. The molecule has 2 aromatic rings. The highest BCUT2D eigenvalue weighted by molar-refractivity contribution is 5.75. The molecule has 0 radical (unpaired) electrons. The third kappa shape index (κ3) is 6.95. The van der Waals surface area contributed by atoms with Gasteiger partial charge >= 0.3 is 18.4 Å². The molecule has 0 spiro atoms. The Morgan fingerprint density at radius 2 is 1.61 bits per heavy atom. The van der Waals surface area contributed by atoms with Crippen LogP contribution in [0.3, 0.4) is 0 Å². The van der Waals surface area contributed by atoms with Crippen molar-refractivity contribution in [3.8, 4) is 0 Å². The lowest BCUT2D eigenvalue weighted by Crippen LogP contribution is -2.51. The number of likely N-dealkylation sites (tertiary alicyclic amines) is 1. The Kier molecular flexibility index (Phi) is 8.95. The number of amides is 2. The largest absolute Gasteiger partial charge is 0.416 e. The van der Waals surface area contributed by atoms with Gasteiger partial charge in [0.1, 0.15) is 12.5 Å². The average Bonchev–Trinajstić information content (AvgIpc) is 2.82. The Balaban J connectivity index is 1.91. The first-order valence-electron chi connectivity index (χ1n) is 11.9. The van der Waals surface area contributed by atoms with Crippen LogP contribution in [0.15, 0.2) is 36.4 Å². The summed E-state index contributed by atoms with van der Waals surface area (Å²) in [5.74, 6) is -0.465. The van der Waals surface area contributed by atoms with E-state index in [0.29, 0.717) is 36.1 Å². The van der Waals surface area contributed by atoms with Crippen molar-refractivity contribution in [3.63, 3.8) is 0 Å². The van der Waals surface area contributed by atoms with Gasteiger partial charge in [-0.3, -0.25) is 0 Å². The van der Waals surface area contributed by atoms with Gasteiger partial charge in [0, 0.05) is 32.7 Å². The second-order valence-corrected chi connectivity index (χ2v) is 9.61. The molecular formula is C26H29F8N3O. The zero-order valence-electron chi connectivity index (χ0n) is 21.1. The Morgan fingerprint density at radius 1 is 1.00 bits per heavy atom. The minimum absolute atomic E-state index is 0.0390. The van der Waals surface area contributed by atoms with Crippen molar-refractivity contribution >= 4 is 6.03 Å². The molecule has 2 atom stereocenters. The van der Waals surface area contributed by atoms with Gasteiger partial charge in [0.2, 0.25) is 0 Å². The SMILES string of the molecule is Cc1cc(F)ccc1[C@H]1CC(N(C)CCF)CCN1C(=O)N(C)Cc1cc(C(F)(F)F)cc(C(F)(F)F)c1. The van der Waals surface area contributed by atoms with Crippen molar-refractivity contribution in [2.45, 2.75) is 50.7 Å². The van der Waals surface area contributed by atoms with E-state index < -0.39 is 54.6 Å². The predicted octanol–water partition coefficient (Wildman–Crippen LogP) is 6.83. The topological polar surface area (TPSA) is 26.8 Å². The highest BCUT2D eigenvalue weighted by Crippen LogP contribution is 2.38. The van der Waals surface area contributed by atoms with E-state index in [1.54, 1.807) is 20.0 Å². The van der Waals surface area contributed by atoms with Crippen molar-refractivity contribution < 1.29 is 39.9 Å². The van der Waals surface area contributed by atoms with E-state index in [-0.39, 0.29) is 30.8 Å². The van der Waals surface area contributed by atoms with E-state index in [1.165, 1.54) is 24.1 Å². The van der Waals surface area contributed by atoms with E-state index in [0.717, 1.165) is 4.90 Å². The van der Waals surface area contributed by atoms with Gasteiger partial charge < -0.3 is 14.7 Å². The number of carbonyl (C=O) groups excluding carboxylic acids is 1. The maximum absolute atomic E-state index is 13.8. The van der Waals surface area contributed by atoms with Gasteiger partial charge in [-0.2, -0.15) is 26.3 Å². The Morgan fingerprint density at radius 3 is 2.13 bits per heavy atom. The normalized spacial score (nSPS) is 18.7. The number of hydrogen-bond acceptors (Lipinski definition) is 2. The van der Waals surface area contributed by atoms with E-state index in [2.05, 4.69) is 0 Å². The number of piperidine rings is 1. The van der Waals surface area contributed by atoms with Gasteiger partial charge in [-0.15, -0.1) is 0 Å². The van der Waals surface area contributed by atoms with Crippen LogP contribution in [0.5, 0.6) is 0 Å². The fraction of sp³-hybridized carbons (Fsp3) is 0.500. The molecule has 12 heteroatoms. The summed E-state index contributed by atoms with van der Waals surface area (Å²) in [6, 6.07) is 4.11. The van der Waals surface area contributed by atoms with Crippen LogP contribution in [0.4, 0.5) is 39.9 Å². The molecule has 1 aliphatic heterocycles. The first-order valence-corrected chi connectivity index (χ1v) is 11.9. The summed E-state index contributed by atoms with van der Waals surface area (Å²) in [5, 5.41) is 0. The number of urea groups is 1. The molecule has 1 aliphatic rings. The summed E-state index contributed by atoms with van der Waals surface area (Å²) in [6.45, 7) is 1.02. The number of hydrogen-bond donors (Lipinski definition) is 0. The van der Waals surface area contributed by atoms with Crippen LogP contribution in [0.25, 0.3) is 0 Å². The fourth-order valence-electron chi connectivity index (χ4n) is 4.87. The molecule has 0 aromatic heterocycles. The van der Waals surface area contributed by atoms with Crippen LogP contribution in [-0.2, 0) is 18.9 Å². The molecule has 38 heavy (non-hydrogen) atoms. The Bertz CT molecular complexity index is 1100. The average molecular weight is 552 g/mol. The van der Waals surface area contributed by atoms with Crippen LogP contribution in [0, 0.1) is 12.7 Å². The van der Waals surface area contributed by atoms with Crippen LogP contribution >= 0.6 is 0 Å². The molecule has 4 nitrogen and oxygen atoms in total. The van der Waals surface area contributed by atoms with E-state index in [4.69, 9.17) is 0 Å². The summed E-state index contributed by atoms with van der Waals surface area (Å²) in [6.07, 6.45) is -9.13. The number of aryl methyl sites for hydroxylation is 1. The molecule has 2 aromatic carbocycles. The first-order chi connectivity index (χ1) is 17.6. The van der Waals surface area contributed by atoms with E-state index in [9.17, 15) is 39.9 Å². The molecule has 1 fully saturated rings. The summed E-state index contributed by atoms with van der Waals surface area (Å²) in [4.78, 5) is 17.9. The Hall–Kier alpha value is -2.89. The second-order valence-electron chi connectivity index (χ2n) is 9.61. The number of alkyl halides is 7. The van der Waals surface area contributed by atoms with Gasteiger partial charge in [0.15, 0.2) is 0 Å². The van der Waals surface area contributed by atoms with Crippen molar-refractivity contribution in [2.75, 3.05) is 33.9 Å². The van der Waals surface area contributed by atoms with Gasteiger partial charge in [0.05, 0.1) is 17.2 Å². The van der Waals surface area contributed by atoms with Crippen molar-refractivity contribution in [3.05, 3.63) is 70.0 Å². The quantitative estimate of drug-likeness (QED) is 0.368. The van der Waals surface area contributed by atoms with Crippen LogP contribution < -0.4 is 0 Å². The third-order valence-corrected chi connectivity index (χ3v) is 6.87. The monoisotopic (exact) mass is 551 g/mol.